The molecule has 106 valence electrons. The van der Waals surface area contributed by atoms with Crippen LogP contribution >= 0.6 is 0 Å². The van der Waals surface area contributed by atoms with Crippen molar-refractivity contribution < 1.29 is 8.78 Å². The van der Waals surface area contributed by atoms with Crippen molar-refractivity contribution in [1.82, 2.24) is 5.32 Å². The molecule has 2 aromatic rings. The maximum atomic E-state index is 13.5. The molecule has 1 atom stereocenters. The number of hydrogen-bond acceptors (Lipinski definition) is 1. The highest BCUT2D eigenvalue weighted by molar-refractivity contribution is 5.18. The van der Waals surface area contributed by atoms with Crippen molar-refractivity contribution in [3.05, 3.63) is 71.3 Å². The summed E-state index contributed by atoms with van der Waals surface area (Å²) >= 11 is 0. The molecule has 0 saturated carbocycles. The van der Waals surface area contributed by atoms with Crippen molar-refractivity contribution in [3.63, 3.8) is 0 Å². The van der Waals surface area contributed by atoms with E-state index in [1.807, 2.05) is 19.1 Å². The van der Waals surface area contributed by atoms with Gasteiger partial charge in [0, 0.05) is 6.04 Å². The number of nitrogens with one attached hydrogen (secondary N) is 1. The minimum Gasteiger partial charge on any atom is -0.314 e. The monoisotopic (exact) mass is 275 g/mol. The fourth-order valence-electron chi connectivity index (χ4n) is 2.22. The molecular formula is C17H19F2N. The van der Waals surface area contributed by atoms with Gasteiger partial charge in [0.25, 0.3) is 0 Å². The van der Waals surface area contributed by atoms with E-state index >= 15 is 0 Å². The first-order chi connectivity index (χ1) is 9.65. The van der Waals surface area contributed by atoms with Gasteiger partial charge in [-0.1, -0.05) is 30.3 Å². The van der Waals surface area contributed by atoms with Crippen LogP contribution in [0.25, 0.3) is 0 Å². The lowest BCUT2D eigenvalue weighted by molar-refractivity contribution is 0.528. The maximum absolute atomic E-state index is 13.5. The van der Waals surface area contributed by atoms with Gasteiger partial charge in [0.15, 0.2) is 0 Å². The summed E-state index contributed by atoms with van der Waals surface area (Å²) in [5.41, 5.74) is 1.69. The van der Waals surface area contributed by atoms with Crippen molar-refractivity contribution in [1.29, 1.82) is 0 Å². The Morgan fingerprint density at radius 2 is 1.85 bits per heavy atom. The molecule has 0 saturated heterocycles. The second kappa shape index (κ2) is 7.15. The van der Waals surface area contributed by atoms with Crippen LogP contribution in [0.15, 0.2) is 48.5 Å². The Hall–Kier alpha value is -1.74. The SMILES string of the molecule is CC(Cc1ccccc1F)NCCc1cccc(F)c1. The Morgan fingerprint density at radius 3 is 2.60 bits per heavy atom. The van der Waals surface area contributed by atoms with E-state index in [0.717, 1.165) is 24.1 Å². The lowest BCUT2D eigenvalue weighted by Gasteiger charge is -2.14. The summed E-state index contributed by atoms with van der Waals surface area (Å²) in [6.45, 7) is 2.77. The lowest BCUT2D eigenvalue weighted by Crippen LogP contribution is -2.30. The highest BCUT2D eigenvalue weighted by Crippen LogP contribution is 2.09. The van der Waals surface area contributed by atoms with Crippen molar-refractivity contribution in [2.24, 2.45) is 0 Å². The van der Waals surface area contributed by atoms with E-state index in [-0.39, 0.29) is 17.7 Å². The van der Waals surface area contributed by atoms with Crippen LogP contribution in [0.2, 0.25) is 0 Å². The van der Waals surface area contributed by atoms with E-state index in [1.165, 1.54) is 12.1 Å². The molecule has 1 unspecified atom stereocenters. The number of hydrogen-bond donors (Lipinski definition) is 1. The second-order valence-corrected chi connectivity index (χ2v) is 5.03. The van der Waals surface area contributed by atoms with Gasteiger partial charge in [0.2, 0.25) is 0 Å². The average Bonchev–Trinajstić information content (AvgIpc) is 2.41. The Kier molecular flexibility index (Phi) is 5.24. The predicted molar refractivity (Wildman–Crippen MR) is 77.7 cm³/mol. The molecule has 1 nitrogen and oxygen atoms in total. The molecule has 20 heavy (non-hydrogen) atoms. The first-order valence-electron chi connectivity index (χ1n) is 6.86. The molecule has 0 aromatic heterocycles. The van der Waals surface area contributed by atoms with Crippen LogP contribution in [0.4, 0.5) is 8.78 Å². The molecule has 0 aliphatic heterocycles. The minimum atomic E-state index is -0.207. The fourth-order valence-corrected chi connectivity index (χ4v) is 2.22. The highest BCUT2D eigenvalue weighted by Gasteiger charge is 2.06. The molecule has 0 aliphatic rings. The van der Waals surface area contributed by atoms with Crippen LogP contribution in [0, 0.1) is 11.6 Å². The molecule has 0 radical (unpaired) electrons. The maximum Gasteiger partial charge on any atom is 0.126 e. The average molecular weight is 275 g/mol. The quantitative estimate of drug-likeness (QED) is 0.847. The van der Waals surface area contributed by atoms with Gasteiger partial charge in [-0.2, -0.15) is 0 Å². The van der Waals surface area contributed by atoms with E-state index in [4.69, 9.17) is 0 Å². The van der Waals surface area contributed by atoms with Crippen molar-refractivity contribution in [2.75, 3.05) is 6.54 Å². The number of benzene rings is 2. The third-order valence-corrected chi connectivity index (χ3v) is 3.28. The minimum absolute atomic E-state index is 0.161. The Balaban J connectivity index is 1.78. The summed E-state index contributed by atoms with van der Waals surface area (Å²) in [5, 5.41) is 3.34. The summed E-state index contributed by atoms with van der Waals surface area (Å²) in [6.07, 6.45) is 1.41. The molecule has 3 heteroatoms. The third kappa shape index (κ3) is 4.42. The zero-order valence-corrected chi connectivity index (χ0v) is 11.6. The zero-order valence-electron chi connectivity index (χ0n) is 11.6. The van der Waals surface area contributed by atoms with E-state index in [0.29, 0.717) is 6.42 Å². The first-order valence-corrected chi connectivity index (χ1v) is 6.86. The Labute approximate surface area is 118 Å². The standard InChI is InChI=1S/C17H19F2N/c1-13(11-15-6-2-3-8-17(15)19)20-10-9-14-5-4-7-16(18)12-14/h2-8,12-13,20H,9-11H2,1H3. The van der Waals surface area contributed by atoms with Crippen molar-refractivity contribution in [3.8, 4) is 0 Å². The van der Waals surface area contributed by atoms with Gasteiger partial charge < -0.3 is 5.32 Å². The van der Waals surface area contributed by atoms with Gasteiger partial charge in [-0.25, -0.2) is 8.78 Å². The summed E-state index contributed by atoms with van der Waals surface area (Å²) < 4.78 is 26.5. The Bertz CT molecular complexity index is 554. The zero-order chi connectivity index (χ0) is 14.4. The summed E-state index contributed by atoms with van der Waals surface area (Å²) in [5.74, 6) is -0.367. The normalized spacial score (nSPS) is 12.3. The molecule has 0 fully saturated rings. The second-order valence-electron chi connectivity index (χ2n) is 5.03. The van der Waals surface area contributed by atoms with E-state index < -0.39 is 0 Å². The number of rotatable bonds is 6. The topological polar surface area (TPSA) is 12.0 Å². The lowest BCUT2D eigenvalue weighted by atomic mass is 10.1. The van der Waals surface area contributed by atoms with Crippen LogP contribution < -0.4 is 5.32 Å². The van der Waals surface area contributed by atoms with Crippen LogP contribution in [0.3, 0.4) is 0 Å². The number of halogens is 2. The van der Waals surface area contributed by atoms with E-state index in [2.05, 4.69) is 5.32 Å². The fraction of sp³-hybridized carbons (Fsp3) is 0.294. The van der Waals surface area contributed by atoms with Crippen LogP contribution in [-0.2, 0) is 12.8 Å². The molecule has 2 aromatic carbocycles. The van der Waals surface area contributed by atoms with Gasteiger partial charge in [0.1, 0.15) is 11.6 Å². The third-order valence-electron chi connectivity index (χ3n) is 3.28. The van der Waals surface area contributed by atoms with Crippen molar-refractivity contribution >= 4 is 0 Å². The Morgan fingerprint density at radius 1 is 1.05 bits per heavy atom. The summed E-state index contributed by atoms with van der Waals surface area (Å²) in [4.78, 5) is 0. The summed E-state index contributed by atoms with van der Waals surface area (Å²) in [7, 11) is 0. The van der Waals surface area contributed by atoms with Gasteiger partial charge in [-0.15, -0.1) is 0 Å². The van der Waals surface area contributed by atoms with Crippen LogP contribution in [0.1, 0.15) is 18.1 Å². The van der Waals surface area contributed by atoms with Crippen LogP contribution in [0.5, 0.6) is 0 Å². The molecular weight excluding hydrogens is 256 g/mol. The molecule has 2 rings (SSSR count). The molecule has 1 N–H and O–H groups in total. The molecule has 0 spiro atoms. The smallest absolute Gasteiger partial charge is 0.126 e. The highest BCUT2D eigenvalue weighted by atomic mass is 19.1. The van der Waals surface area contributed by atoms with Crippen LogP contribution in [-0.4, -0.2) is 12.6 Å². The largest absolute Gasteiger partial charge is 0.314 e. The van der Waals surface area contributed by atoms with Gasteiger partial charge >= 0.3 is 0 Å². The van der Waals surface area contributed by atoms with E-state index in [1.54, 1.807) is 24.3 Å². The van der Waals surface area contributed by atoms with E-state index in [9.17, 15) is 8.78 Å². The molecule has 0 heterocycles. The van der Waals surface area contributed by atoms with Gasteiger partial charge in [-0.05, 0) is 55.6 Å². The first kappa shape index (κ1) is 14.7. The van der Waals surface area contributed by atoms with Gasteiger partial charge in [0.05, 0.1) is 0 Å². The van der Waals surface area contributed by atoms with Crippen molar-refractivity contribution in [2.45, 2.75) is 25.8 Å². The van der Waals surface area contributed by atoms with Gasteiger partial charge in [-0.3, -0.25) is 0 Å². The molecule has 0 bridgehead atoms. The summed E-state index contributed by atoms with van der Waals surface area (Å²) in [6, 6.07) is 13.6. The molecule has 0 amide bonds. The predicted octanol–water partition coefficient (Wildman–Crippen LogP) is 3.73. The molecule has 0 aliphatic carbocycles.